The van der Waals surface area contributed by atoms with Crippen molar-refractivity contribution in [2.24, 2.45) is 0 Å². The third kappa shape index (κ3) is 2.56. The van der Waals surface area contributed by atoms with Gasteiger partial charge in [0.15, 0.2) is 0 Å². The molecule has 0 bridgehead atoms. The summed E-state index contributed by atoms with van der Waals surface area (Å²) in [6, 6.07) is 8.10. The van der Waals surface area contributed by atoms with Gasteiger partial charge in [-0.25, -0.2) is 4.98 Å². The Kier molecular flexibility index (Phi) is 3.33. The van der Waals surface area contributed by atoms with Gasteiger partial charge in [0.05, 0.1) is 16.8 Å². The lowest BCUT2D eigenvalue weighted by molar-refractivity contribution is 0.153. The van der Waals surface area contributed by atoms with Crippen molar-refractivity contribution < 1.29 is 4.74 Å². The van der Waals surface area contributed by atoms with Crippen molar-refractivity contribution in [3.8, 4) is 11.8 Å². The van der Waals surface area contributed by atoms with Gasteiger partial charge in [-0.15, -0.1) is 17.3 Å². The number of hydrogen-bond donors (Lipinski definition) is 0. The second-order valence-electron chi connectivity index (χ2n) is 2.99. The van der Waals surface area contributed by atoms with Crippen LogP contribution in [0.1, 0.15) is 11.9 Å². The molecule has 0 fully saturated rings. The Hall–Kier alpha value is -1.37. The SMILES string of the molecule is CC#CCOCc1nc2ccccc2s1. The van der Waals surface area contributed by atoms with Crippen molar-refractivity contribution in [3.05, 3.63) is 29.3 Å². The molecule has 15 heavy (non-hydrogen) atoms. The van der Waals surface area contributed by atoms with Crippen LogP contribution in [0.4, 0.5) is 0 Å². The molecule has 0 spiro atoms. The van der Waals surface area contributed by atoms with Crippen molar-refractivity contribution in [1.82, 2.24) is 4.98 Å². The summed E-state index contributed by atoms with van der Waals surface area (Å²) in [5.41, 5.74) is 1.04. The van der Waals surface area contributed by atoms with E-state index in [0.29, 0.717) is 13.2 Å². The van der Waals surface area contributed by atoms with E-state index in [-0.39, 0.29) is 0 Å². The zero-order valence-electron chi connectivity index (χ0n) is 8.49. The first-order valence-corrected chi connectivity index (χ1v) is 5.53. The van der Waals surface area contributed by atoms with Gasteiger partial charge in [0.2, 0.25) is 0 Å². The van der Waals surface area contributed by atoms with E-state index in [1.807, 2.05) is 18.2 Å². The molecule has 2 rings (SSSR count). The molecule has 76 valence electrons. The second kappa shape index (κ2) is 4.92. The van der Waals surface area contributed by atoms with E-state index in [1.165, 1.54) is 4.70 Å². The smallest absolute Gasteiger partial charge is 0.120 e. The monoisotopic (exact) mass is 217 g/mol. The quantitative estimate of drug-likeness (QED) is 0.582. The van der Waals surface area contributed by atoms with Crippen LogP contribution >= 0.6 is 11.3 Å². The zero-order valence-corrected chi connectivity index (χ0v) is 9.30. The number of benzene rings is 1. The summed E-state index contributed by atoms with van der Waals surface area (Å²) in [6.07, 6.45) is 0. The third-order valence-electron chi connectivity index (χ3n) is 1.91. The van der Waals surface area contributed by atoms with Crippen LogP contribution in [0.2, 0.25) is 0 Å². The molecule has 0 N–H and O–H groups in total. The number of nitrogens with zero attached hydrogens (tertiary/aromatic N) is 1. The molecule has 2 aromatic rings. The van der Waals surface area contributed by atoms with Gasteiger partial charge in [0.25, 0.3) is 0 Å². The van der Waals surface area contributed by atoms with Crippen LogP contribution in [0.5, 0.6) is 0 Å². The molecule has 0 aliphatic carbocycles. The van der Waals surface area contributed by atoms with Crippen molar-refractivity contribution in [2.75, 3.05) is 6.61 Å². The predicted molar refractivity (Wildman–Crippen MR) is 62.7 cm³/mol. The predicted octanol–water partition coefficient (Wildman–Crippen LogP) is 2.84. The Bertz CT molecular complexity index is 474. The Labute approximate surface area is 92.9 Å². The van der Waals surface area contributed by atoms with Crippen LogP contribution in [0.25, 0.3) is 10.2 Å². The van der Waals surface area contributed by atoms with Gasteiger partial charge in [0, 0.05) is 0 Å². The molecule has 0 unspecified atom stereocenters. The molecule has 1 heterocycles. The van der Waals surface area contributed by atoms with E-state index >= 15 is 0 Å². The minimum Gasteiger partial charge on any atom is -0.362 e. The number of rotatable bonds is 3. The highest BCUT2D eigenvalue weighted by Gasteiger charge is 2.01. The molecule has 0 amide bonds. The van der Waals surface area contributed by atoms with Gasteiger partial charge in [0.1, 0.15) is 11.6 Å². The summed E-state index contributed by atoms with van der Waals surface area (Å²) >= 11 is 1.67. The minimum absolute atomic E-state index is 0.479. The first-order valence-electron chi connectivity index (χ1n) is 4.72. The van der Waals surface area contributed by atoms with Gasteiger partial charge in [-0.05, 0) is 19.1 Å². The molecule has 0 radical (unpaired) electrons. The van der Waals surface area contributed by atoms with Crippen LogP contribution in [0.15, 0.2) is 24.3 Å². The van der Waals surface area contributed by atoms with Crippen molar-refractivity contribution in [3.63, 3.8) is 0 Å². The summed E-state index contributed by atoms with van der Waals surface area (Å²) in [4.78, 5) is 4.46. The topological polar surface area (TPSA) is 22.1 Å². The van der Waals surface area contributed by atoms with Crippen LogP contribution < -0.4 is 0 Å². The van der Waals surface area contributed by atoms with Crippen LogP contribution in [-0.2, 0) is 11.3 Å². The molecule has 0 atom stereocenters. The molecule has 0 aliphatic rings. The first-order chi connectivity index (χ1) is 7.40. The summed E-state index contributed by atoms with van der Waals surface area (Å²) in [6.45, 7) is 2.83. The van der Waals surface area contributed by atoms with E-state index in [9.17, 15) is 0 Å². The summed E-state index contributed by atoms with van der Waals surface area (Å²) in [5, 5.41) is 1.01. The van der Waals surface area contributed by atoms with Crippen LogP contribution in [0, 0.1) is 11.8 Å². The van der Waals surface area contributed by atoms with E-state index in [1.54, 1.807) is 18.3 Å². The molecule has 0 saturated heterocycles. The van der Waals surface area contributed by atoms with Gasteiger partial charge >= 0.3 is 0 Å². The van der Waals surface area contributed by atoms with E-state index in [4.69, 9.17) is 4.74 Å². The lowest BCUT2D eigenvalue weighted by Crippen LogP contribution is -1.91. The van der Waals surface area contributed by atoms with Crippen LogP contribution in [-0.4, -0.2) is 11.6 Å². The minimum atomic E-state index is 0.479. The Morgan fingerprint density at radius 3 is 3.07 bits per heavy atom. The number of hydrogen-bond acceptors (Lipinski definition) is 3. The average molecular weight is 217 g/mol. The third-order valence-corrected chi connectivity index (χ3v) is 2.92. The number of fused-ring (bicyclic) bond motifs is 1. The lowest BCUT2D eigenvalue weighted by atomic mass is 10.3. The molecular formula is C12H11NOS. The van der Waals surface area contributed by atoms with Crippen molar-refractivity contribution in [2.45, 2.75) is 13.5 Å². The first kappa shape index (κ1) is 10.2. The fraction of sp³-hybridized carbons (Fsp3) is 0.250. The van der Waals surface area contributed by atoms with E-state index in [0.717, 1.165) is 10.5 Å². The van der Waals surface area contributed by atoms with Crippen molar-refractivity contribution in [1.29, 1.82) is 0 Å². The molecule has 1 aromatic carbocycles. The maximum atomic E-state index is 5.36. The molecule has 2 nitrogen and oxygen atoms in total. The fourth-order valence-corrected chi connectivity index (χ4v) is 2.15. The number of thiazole rings is 1. The van der Waals surface area contributed by atoms with Gasteiger partial charge in [-0.3, -0.25) is 0 Å². The normalized spacial score (nSPS) is 9.93. The second-order valence-corrected chi connectivity index (χ2v) is 4.11. The summed E-state index contributed by atoms with van der Waals surface area (Å²) in [5.74, 6) is 5.65. The number of ether oxygens (including phenoxy) is 1. The van der Waals surface area contributed by atoms with E-state index < -0.39 is 0 Å². The molecule has 3 heteroatoms. The summed E-state index contributed by atoms with van der Waals surface area (Å²) < 4.78 is 6.57. The summed E-state index contributed by atoms with van der Waals surface area (Å²) in [7, 11) is 0. The molecule has 1 aromatic heterocycles. The lowest BCUT2D eigenvalue weighted by Gasteiger charge is -1.93. The maximum Gasteiger partial charge on any atom is 0.120 e. The van der Waals surface area contributed by atoms with Gasteiger partial charge in [-0.1, -0.05) is 18.1 Å². The molecule has 0 aliphatic heterocycles. The Morgan fingerprint density at radius 1 is 1.40 bits per heavy atom. The molecule has 0 saturated carbocycles. The zero-order chi connectivity index (χ0) is 10.5. The highest BCUT2D eigenvalue weighted by Crippen LogP contribution is 2.21. The number of aromatic nitrogens is 1. The van der Waals surface area contributed by atoms with Gasteiger partial charge in [-0.2, -0.15) is 0 Å². The highest BCUT2D eigenvalue weighted by atomic mass is 32.1. The fourth-order valence-electron chi connectivity index (χ4n) is 1.24. The molecular weight excluding hydrogens is 206 g/mol. The highest BCUT2D eigenvalue weighted by molar-refractivity contribution is 7.18. The van der Waals surface area contributed by atoms with Crippen molar-refractivity contribution >= 4 is 21.6 Å². The maximum absolute atomic E-state index is 5.36. The Balaban J connectivity index is 2.04. The standard InChI is InChI=1S/C12H11NOS/c1-2-3-8-14-9-12-13-10-6-4-5-7-11(10)15-12/h4-7H,8-9H2,1H3. The van der Waals surface area contributed by atoms with Gasteiger partial charge < -0.3 is 4.74 Å². The van der Waals surface area contributed by atoms with E-state index in [2.05, 4.69) is 22.9 Å². The average Bonchev–Trinajstić information content (AvgIpc) is 2.67. The Morgan fingerprint density at radius 2 is 2.27 bits per heavy atom. The van der Waals surface area contributed by atoms with Crippen LogP contribution in [0.3, 0.4) is 0 Å². The number of para-hydroxylation sites is 1. The largest absolute Gasteiger partial charge is 0.362 e.